The number of amides is 1. The molecule has 0 saturated heterocycles. The number of rotatable bonds is 5. The van der Waals surface area contributed by atoms with Gasteiger partial charge in [0.05, 0.1) is 29.3 Å². The summed E-state index contributed by atoms with van der Waals surface area (Å²) in [7, 11) is 3.57. The maximum Gasteiger partial charge on any atom is 0.261 e. The zero-order valence-electron chi connectivity index (χ0n) is 13.4. The van der Waals surface area contributed by atoms with Gasteiger partial charge in [0.25, 0.3) is 5.91 Å². The predicted octanol–water partition coefficient (Wildman–Crippen LogP) is 3.14. The van der Waals surface area contributed by atoms with Crippen molar-refractivity contribution < 1.29 is 9.53 Å². The highest BCUT2D eigenvalue weighted by molar-refractivity contribution is 7.14. The largest absolute Gasteiger partial charge is 0.496 e. The number of fused-ring (bicyclic) bond motifs is 1. The van der Waals surface area contributed by atoms with Gasteiger partial charge in [-0.1, -0.05) is 6.92 Å². The monoisotopic (exact) mass is 329 g/mol. The van der Waals surface area contributed by atoms with Crippen molar-refractivity contribution in [3.63, 3.8) is 0 Å². The van der Waals surface area contributed by atoms with E-state index in [2.05, 4.69) is 17.2 Å². The van der Waals surface area contributed by atoms with Crippen LogP contribution in [0.2, 0.25) is 0 Å². The number of ether oxygens (including phenoxy) is 1. The number of benzene rings is 1. The molecule has 0 radical (unpaired) electrons. The van der Waals surface area contributed by atoms with Crippen LogP contribution in [0, 0.1) is 0 Å². The number of nitrogens with one attached hydrogen (secondary N) is 1. The molecule has 0 unspecified atom stereocenters. The summed E-state index contributed by atoms with van der Waals surface area (Å²) < 4.78 is 7.39. The summed E-state index contributed by atoms with van der Waals surface area (Å²) >= 11 is 1.53. The fourth-order valence-electron chi connectivity index (χ4n) is 2.62. The Kier molecular flexibility index (Phi) is 4.34. The number of thiophene rings is 1. The summed E-state index contributed by atoms with van der Waals surface area (Å²) in [6.45, 7) is 2.49. The van der Waals surface area contributed by atoms with Crippen LogP contribution in [0.15, 0.2) is 30.6 Å². The van der Waals surface area contributed by atoms with E-state index in [1.165, 1.54) is 16.2 Å². The molecule has 0 spiro atoms. The second kappa shape index (κ2) is 6.42. The molecule has 5 nitrogen and oxygen atoms in total. The fourth-order valence-corrected chi connectivity index (χ4v) is 3.48. The first-order chi connectivity index (χ1) is 11.1. The minimum Gasteiger partial charge on any atom is -0.496 e. The summed E-state index contributed by atoms with van der Waals surface area (Å²) in [4.78, 5) is 18.6. The van der Waals surface area contributed by atoms with Gasteiger partial charge in [0.2, 0.25) is 0 Å². The lowest BCUT2D eigenvalue weighted by Gasteiger charge is -2.11. The first kappa shape index (κ1) is 15.6. The van der Waals surface area contributed by atoms with Gasteiger partial charge in [-0.15, -0.1) is 11.3 Å². The Bertz CT molecular complexity index is 851. The molecule has 0 saturated carbocycles. The van der Waals surface area contributed by atoms with Crippen LogP contribution < -0.4 is 10.1 Å². The maximum absolute atomic E-state index is 12.3. The molecule has 23 heavy (non-hydrogen) atoms. The highest BCUT2D eigenvalue weighted by Crippen LogP contribution is 2.27. The first-order valence-electron chi connectivity index (χ1n) is 7.47. The number of aryl methyl sites for hydroxylation is 2. The number of methoxy groups -OCH3 is 1. The summed E-state index contributed by atoms with van der Waals surface area (Å²) in [5.74, 6) is 0.692. The van der Waals surface area contributed by atoms with Crippen molar-refractivity contribution in [2.24, 2.45) is 7.05 Å². The van der Waals surface area contributed by atoms with E-state index in [0.717, 1.165) is 33.6 Å². The van der Waals surface area contributed by atoms with E-state index in [9.17, 15) is 4.79 Å². The van der Waals surface area contributed by atoms with Gasteiger partial charge in [-0.05, 0) is 30.7 Å². The number of hydrogen-bond acceptors (Lipinski definition) is 4. The summed E-state index contributed by atoms with van der Waals surface area (Å²) in [6, 6.07) is 7.69. The van der Waals surface area contributed by atoms with Crippen molar-refractivity contribution in [2.75, 3.05) is 7.11 Å². The van der Waals surface area contributed by atoms with Crippen molar-refractivity contribution in [3.05, 3.63) is 45.9 Å². The standard InChI is InChI=1S/C17H19N3O2S/c1-4-11-5-8-15(23-11)17(21)18-9-12-14(22-3)7-6-13-16(12)20(2)10-19-13/h5-8,10H,4,9H2,1-3H3,(H,18,21). The van der Waals surface area contributed by atoms with Crippen LogP contribution in [-0.2, 0) is 20.0 Å². The molecule has 0 aliphatic heterocycles. The second-order valence-electron chi connectivity index (χ2n) is 5.27. The molecule has 3 rings (SSSR count). The molecule has 0 aliphatic carbocycles. The molecule has 0 atom stereocenters. The molecule has 0 aliphatic rings. The number of imidazole rings is 1. The minimum atomic E-state index is -0.0593. The lowest BCUT2D eigenvalue weighted by Crippen LogP contribution is -2.22. The quantitative estimate of drug-likeness (QED) is 0.782. The number of aromatic nitrogens is 2. The SMILES string of the molecule is CCc1ccc(C(=O)NCc2c(OC)ccc3ncn(C)c23)s1. The smallest absolute Gasteiger partial charge is 0.261 e. The molecule has 0 fully saturated rings. The lowest BCUT2D eigenvalue weighted by atomic mass is 10.1. The van der Waals surface area contributed by atoms with Crippen LogP contribution in [0.3, 0.4) is 0 Å². The average Bonchev–Trinajstić information content (AvgIpc) is 3.19. The van der Waals surface area contributed by atoms with Gasteiger partial charge >= 0.3 is 0 Å². The number of carbonyl (C=O) groups is 1. The normalized spacial score (nSPS) is 10.9. The number of carbonyl (C=O) groups excluding carboxylic acids is 1. The van der Waals surface area contributed by atoms with Gasteiger partial charge in [0.15, 0.2) is 0 Å². The van der Waals surface area contributed by atoms with Crippen LogP contribution in [0.5, 0.6) is 5.75 Å². The van der Waals surface area contributed by atoms with E-state index >= 15 is 0 Å². The Morgan fingerprint density at radius 3 is 2.87 bits per heavy atom. The Morgan fingerprint density at radius 2 is 2.17 bits per heavy atom. The van der Waals surface area contributed by atoms with E-state index in [1.807, 2.05) is 35.9 Å². The third-order valence-electron chi connectivity index (χ3n) is 3.82. The Hall–Kier alpha value is -2.34. The van der Waals surface area contributed by atoms with E-state index in [4.69, 9.17) is 4.74 Å². The summed E-state index contributed by atoms with van der Waals surface area (Å²) in [5.41, 5.74) is 2.80. The molecule has 1 N–H and O–H groups in total. The molecule has 2 aromatic heterocycles. The highest BCUT2D eigenvalue weighted by Gasteiger charge is 2.15. The molecular formula is C17H19N3O2S. The third-order valence-corrected chi connectivity index (χ3v) is 5.05. The summed E-state index contributed by atoms with van der Waals surface area (Å²) in [6.07, 6.45) is 2.71. The van der Waals surface area contributed by atoms with Gasteiger partial charge in [-0.2, -0.15) is 0 Å². The van der Waals surface area contributed by atoms with Crippen molar-refractivity contribution in [2.45, 2.75) is 19.9 Å². The number of nitrogens with zero attached hydrogens (tertiary/aromatic N) is 2. The minimum absolute atomic E-state index is 0.0593. The average molecular weight is 329 g/mol. The molecule has 1 amide bonds. The van der Waals surface area contributed by atoms with E-state index in [-0.39, 0.29) is 5.91 Å². The molecule has 3 aromatic rings. The molecule has 6 heteroatoms. The molecular weight excluding hydrogens is 310 g/mol. The van der Waals surface area contributed by atoms with Gasteiger partial charge in [-0.3, -0.25) is 4.79 Å². The molecule has 120 valence electrons. The second-order valence-corrected chi connectivity index (χ2v) is 6.44. The van der Waals surface area contributed by atoms with Gasteiger partial charge in [0, 0.05) is 24.0 Å². The topological polar surface area (TPSA) is 56.1 Å². The van der Waals surface area contributed by atoms with E-state index < -0.39 is 0 Å². The Balaban J connectivity index is 1.86. The van der Waals surface area contributed by atoms with Gasteiger partial charge in [0.1, 0.15) is 5.75 Å². The van der Waals surface area contributed by atoms with Gasteiger partial charge in [-0.25, -0.2) is 4.98 Å². The first-order valence-corrected chi connectivity index (χ1v) is 8.29. The van der Waals surface area contributed by atoms with E-state index in [1.54, 1.807) is 13.4 Å². The van der Waals surface area contributed by atoms with Crippen LogP contribution in [-0.4, -0.2) is 22.6 Å². The third kappa shape index (κ3) is 2.94. The van der Waals surface area contributed by atoms with Crippen LogP contribution >= 0.6 is 11.3 Å². The fraction of sp³-hybridized carbons (Fsp3) is 0.294. The highest BCUT2D eigenvalue weighted by atomic mass is 32.1. The lowest BCUT2D eigenvalue weighted by molar-refractivity contribution is 0.0955. The Labute approximate surface area is 138 Å². The summed E-state index contributed by atoms with van der Waals surface area (Å²) in [5, 5.41) is 2.99. The predicted molar refractivity (Wildman–Crippen MR) is 92.1 cm³/mol. The van der Waals surface area contributed by atoms with Gasteiger partial charge < -0.3 is 14.6 Å². The van der Waals surface area contributed by atoms with Crippen molar-refractivity contribution in [1.82, 2.24) is 14.9 Å². The zero-order chi connectivity index (χ0) is 16.4. The van der Waals surface area contributed by atoms with Crippen molar-refractivity contribution in [1.29, 1.82) is 0 Å². The zero-order valence-corrected chi connectivity index (χ0v) is 14.2. The van der Waals surface area contributed by atoms with E-state index in [0.29, 0.717) is 6.54 Å². The van der Waals surface area contributed by atoms with Crippen molar-refractivity contribution >= 4 is 28.3 Å². The van der Waals surface area contributed by atoms with Crippen LogP contribution in [0.1, 0.15) is 27.0 Å². The molecule has 0 bridgehead atoms. The Morgan fingerprint density at radius 1 is 1.35 bits per heavy atom. The number of hydrogen-bond donors (Lipinski definition) is 1. The van der Waals surface area contributed by atoms with Crippen molar-refractivity contribution in [3.8, 4) is 5.75 Å². The van der Waals surface area contributed by atoms with Crippen LogP contribution in [0.4, 0.5) is 0 Å². The van der Waals surface area contributed by atoms with Crippen LogP contribution in [0.25, 0.3) is 11.0 Å². The molecule has 2 heterocycles. The maximum atomic E-state index is 12.3. The molecule has 1 aromatic carbocycles.